The smallest absolute Gasteiger partial charge is 0.291 e. The Labute approximate surface area is 83.6 Å². The van der Waals surface area contributed by atoms with Gasteiger partial charge in [0, 0.05) is 5.54 Å². The average molecular weight is 211 g/mol. The highest BCUT2D eigenvalue weighted by Gasteiger charge is 2.20. The number of nitrogens with two attached hydrogens (primary N) is 1. The third-order valence-electron chi connectivity index (χ3n) is 1.42. The Bertz CT molecular complexity index is 142. The van der Waals surface area contributed by atoms with E-state index in [1.165, 1.54) is 0 Å². The highest BCUT2D eigenvalue weighted by atomic mass is 16.9. The molecule has 0 spiro atoms. The van der Waals surface area contributed by atoms with Gasteiger partial charge in [0.1, 0.15) is 0 Å². The predicted octanol–water partition coefficient (Wildman–Crippen LogP) is 0.699. The van der Waals surface area contributed by atoms with Crippen LogP contribution in [0, 0.1) is 10.1 Å². The van der Waals surface area contributed by atoms with E-state index in [0.29, 0.717) is 0 Å². The Kier molecular flexibility index (Phi) is 11.6. The van der Waals surface area contributed by atoms with Crippen LogP contribution >= 0.6 is 0 Å². The van der Waals surface area contributed by atoms with Crippen molar-refractivity contribution in [2.75, 3.05) is 0 Å². The zero-order valence-electron chi connectivity index (χ0n) is 8.93. The Balaban J connectivity index is -0.000000209. The van der Waals surface area contributed by atoms with E-state index in [-0.39, 0.29) is 12.3 Å². The van der Waals surface area contributed by atoms with E-state index in [9.17, 15) is 5.11 Å². The van der Waals surface area contributed by atoms with Crippen molar-refractivity contribution in [1.29, 1.82) is 0 Å². The van der Waals surface area contributed by atoms with Crippen molar-refractivity contribution < 1.29 is 15.4 Å². The molecule has 1 atom stereocenters. The highest BCUT2D eigenvalue weighted by Crippen LogP contribution is 2.09. The molecule has 0 aliphatic heterocycles. The number of hydrogen-bond donors (Lipinski definition) is 4. The van der Waals surface area contributed by atoms with E-state index < -0.39 is 10.6 Å². The lowest BCUT2D eigenvalue weighted by atomic mass is 9.95. The van der Waals surface area contributed by atoms with Crippen LogP contribution in [0.15, 0.2) is 0 Å². The van der Waals surface area contributed by atoms with Gasteiger partial charge in [0.05, 0.1) is 6.10 Å². The number of rotatable bonds is 3. The van der Waals surface area contributed by atoms with Gasteiger partial charge in [0.15, 0.2) is 0 Å². The van der Waals surface area contributed by atoms with Gasteiger partial charge in [0.25, 0.3) is 5.09 Å². The lowest BCUT2D eigenvalue weighted by molar-refractivity contribution is -0.742. The molecule has 88 valence electrons. The van der Waals surface area contributed by atoms with Crippen molar-refractivity contribution in [3.63, 3.8) is 0 Å². The molecule has 0 fully saturated rings. The minimum atomic E-state index is -1.50. The Morgan fingerprint density at radius 3 is 1.93 bits per heavy atom. The summed E-state index contributed by atoms with van der Waals surface area (Å²) in [6, 6.07) is 0. The van der Waals surface area contributed by atoms with Crippen LogP contribution in [-0.2, 0) is 0 Å². The zero-order chi connectivity index (χ0) is 11.1. The van der Waals surface area contributed by atoms with E-state index in [4.69, 9.17) is 21.1 Å². The number of aliphatic hydroxyl groups excluding tert-OH is 1. The Morgan fingerprint density at radius 1 is 1.57 bits per heavy atom. The molecule has 0 aromatic heterocycles. The fourth-order valence-electron chi connectivity index (χ4n) is 0.645. The summed E-state index contributed by atoms with van der Waals surface area (Å²) in [5, 5.41) is 22.9. The second-order valence-electron chi connectivity index (χ2n) is 3.36. The molecule has 7 nitrogen and oxygen atoms in total. The normalized spacial score (nSPS) is 11.8. The van der Waals surface area contributed by atoms with Crippen molar-refractivity contribution in [2.24, 2.45) is 5.73 Å². The van der Waals surface area contributed by atoms with Crippen LogP contribution in [0.4, 0.5) is 0 Å². The first kappa shape index (κ1) is 18.8. The fourth-order valence-corrected chi connectivity index (χ4v) is 0.645. The maximum atomic E-state index is 9.26. The second-order valence-corrected chi connectivity index (χ2v) is 3.36. The van der Waals surface area contributed by atoms with E-state index in [1.807, 2.05) is 20.8 Å². The van der Waals surface area contributed by atoms with Crippen molar-refractivity contribution in [2.45, 2.75) is 45.3 Å². The highest BCUT2D eigenvalue weighted by molar-refractivity contribution is 4.80. The van der Waals surface area contributed by atoms with E-state index in [0.717, 1.165) is 12.8 Å². The SMILES string of the molecule is CCCC(O)C(C)(C)N.N.O=[N+]([O-])O. The quantitative estimate of drug-likeness (QED) is 0.399. The summed E-state index contributed by atoms with van der Waals surface area (Å²) in [5.74, 6) is 0. The standard InChI is InChI=1S/C7H17NO.HNO3.H3N/c1-4-5-6(9)7(2,3)8;2-1(3)4;/h6,9H,4-5,8H2,1-3H3;(H,2,3,4);1H3. The van der Waals surface area contributed by atoms with Gasteiger partial charge in [-0.3, -0.25) is 0 Å². The van der Waals surface area contributed by atoms with Gasteiger partial charge in [-0.05, 0) is 20.3 Å². The number of hydrogen-bond acceptors (Lipinski definition) is 5. The van der Waals surface area contributed by atoms with Crippen molar-refractivity contribution in [3.8, 4) is 0 Å². The molecule has 1 unspecified atom stereocenters. The summed E-state index contributed by atoms with van der Waals surface area (Å²) in [6.07, 6.45) is 1.42. The average Bonchev–Trinajstić information content (AvgIpc) is 1.84. The third-order valence-corrected chi connectivity index (χ3v) is 1.42. The molecule has 0 bridgehead atoms. The first-order valence-corrected chi connectivity index (χ1v) is 4.02. The monoisotopic (exact) mass is 211 g/mol. The summed E-state index contributed by atoms with van der Waals surface area (Å²) in [7, 11) is 0. The molecule has 0 heterocycles. The zero-order valence-corrected chi connectivity index (χ0v) is 8.93. The van der Waals surface area contributed by atoms with Crippen LogP contribution in [0.1, 0.15) is 33.6 Å². The van der Waals surface area contributed by atoms with Crippen LogP contribution < -0.4 is 11.9 Å². The summed E-state index contributed by atoms with van der Waals surface area (Å²) in [5.41, 5.74) is 5.18. The van der Waals surface area contributed by atoms with Crippen LogP contribution in [0.2, 0.25) is 0 Å². The molecule has 14 heavy (non-hydrogen) atoms. The van der Waals surface area contributed by atoms with Crippen LogP contribution in [0.5, 0.6) is 0 Å². The third kappa shape index (κ3) is 17.2. The number of nitrogens with zero attached hydrogens (tertiary/aromatic N) is 1. The minimum absolute atomic E-state index is 0. The lowest BCUT2D eigenvalue weighted by Gasteiger charge is -2.25. The van der Waals surface area contributed by atoms with Gasteiger partial charge < -0.3 is 22.2 Å². The Morgan fingerprint density at radius 2 is 1.86 bits per heavy atom. The molecule has 0 radical (unpaired) electrons. The van der Waals surface area contributed by atoms with Crippen molar-refractivity contribution in [1.82, 2.24) is 6.15 Å². The minimum Gasteiger partial charge on any atom is -0.391 e. The molecule has 0 aromatic carbocycles. The maximum absolute atomic E-state index is 9.26. The van der Waals surface area contributed by atoms with Gasteiger partial charge >= 0.3 is 0 Å². The van der Waals surface area contributed by atoms with E-state index >= 15 is 0 Å². The predicted molar refractivity (Wildman–Crippen MR) is 53.0 cm³/mol. The summed E-state index contributed by atoms with van der Waals surface area (Å²) in [4.78, 5) is 8.36. The first-order chi connectivity index (χ1) is 5.71. The summed E-state index contributed by atoms with van der Waals surface area (Å²) in [6.45, 7) is 5.72. The second kappa shape index (κ2) is 8.67. The first-order valence-electron chi connectivity index (χ1n) is 4.02. The molecule has 0 aromatic rings. The van der Waals surface area contributed by atoms with Gasteiger partial charge in [-0.2, -0.15) is 0 Å². The maximum Gasteiger partial charge on any atom is 0.291 e. The molecule has 0 amide bonds. The van der Waals surface area contributed by atoms with Gasteiger partial charge in [0.2, 0.25) is 0 Å². The largest absolute Gasteiger partial charge is 0.391 e. The Hall–Kier alpha value is -0.920. The van der Waals surface area contributed by atoms with Gasteiger partial charge in [-0.15, -0.1) is 10.1 Å². The molecular weight excluding hydrogens is 190 g/mol. The molecule has 0 saturated carbocycles. The topological polar surface area (TPSA) is 145 Å². The molecule has 0 rings (SSSR count). The van der Waals surface area contributed by atoms with Crippen LogP contribution in [0.25, 0.3) is 0 Å². The van der Waals surface area contributed by atoms with Gasteiger partial charge in [-0.25, -0.2) is 0 Å². The van der Waals surface area contributed by atoms with Gasteiger partial charge in [-0.1, -0.05) is 13.3 Å². The molecular formula is C7H21N3O4. The van der Waals surface area contributed by atoms with Crippen molar-refractivity contribution >= 4 is 0 Å². The van der Waals surface area contributed by atoms with E-state index in [2.05, 4.69) is 0 Å². The van der Waals surface area contributed by atoms with E-state index in [1.54, 1.807) is 0 Å². The molecule has 7 N–H and O–H groups in total. The van der Waals surface area contributed by atoms with Crippen LogP contribution in [-0.4, -0.2) is 27.0 Å². The summed E-state index contributed by atoms with van der Waals surface area (Å²) < 4.78 is 0. The summed E-state index contributed by atoms with van der Waals surface area (Å²) >= 11 is 0. The lowest BCUT2D eigenvalue weighted by Crippen LogP contribution is -2.44. The molecule has 0 aliphatic rings. The van der Waals surface area contributed by atoms with Crippen LogP contribution in [0.3, 0.4) is 0 Å². The van der Waals surface area contributed by atoms with Crippen molar-refractivity contribution in [3.05, 3.63) is 10.1 Å². The fraction of sp³-hybridized carbons (Fsp3) is 1.00. The molecule has 0 saturated heterocycles. The molecule has 0 aliphatic carbocycles. The number of aliphatic hydroxyl groups is 1. The molecule has 7 heteroatoms.